The van der Waals surface area contributed by atoms with E-state index in [-0.39, 0.29) is 5.97 Å². The van der Waals surface area contributed by atoms with Gasteiger partial charge in [-0.1, -0.05) is 18.2 Å². The van der Waals surface area contributed by atoms with E-state index in [0.717, 1.165) is 28.2 Å². The second kappa shape index (κ2) is 8.54. The van der Waals surface area contributed by atoms with Crippen LogP contribution in [0.1, 0.15) is 34.1 Å². The molecule has 0 aliphatic carbocycles. The molecule has 0 saturated heterocycles. The maximum atomic E-state index is 12.5. The van der Waals surface area contributed by atoms with Crippen molar-refractivity contribution in [3.63, 3.8) is 0 Å². The van der Waals surface area contributed by atoms with E-state index < -0.39 is 6.35 Å². The van der Waals surface area contributed by atoms with Crippen molar-refractivity contribution < 1.29 is 14.3 Å². The maximum absolute atomic E-state index is 12.5. The SMILES string of the molecule is CCOC(=O)c1cccc2c1N(Cc1ccc(-n3cc(C)cc3C#N)cc1)C(OC)N2. The van der Waals surface area contributed by atoms with Gasteiger partial charge in [0.15, 0.2) is 0 Å². The standard InChI is InChI=1S/C24H24N4O3/c1-4-31-23(29)20-6-5-7-21-22(20)28(24(26-21)30-3)15-17-8-10-18(11-9-17)27-14-16(2)12-19(27)13-25/h5-12,14,24,26H,4,15H2,1-3H3. The summed E-state index contributed by atoms with van der Waals surface area (Å²) >= 11 is 0. The molecular formula is C24H24N4O3. The first-order valence-corrected chi connectivity index (χ1v) is 10.1. The Balaban J connectivity index is 1.64. The molecule has 31 heavy (non-hydrogen) atoms. The van der Waals surface area contributed by atoms with Gasteiger partial charge >= 0.3 is 5.97 Å². The van der Waals surface area contributed by atoms with Gasteiger partial charge in [-0.15, -0.1) is 0 Å². The third-order valence-electron chi connectivity index (χ3n) is 5.24. The van der Waals surface area contributed by atoms with Gasteiger partial charge in [0.05, 0.1) is 23.5 Å². The summed E-state index contributed by atoms with van der Waals surface area (Å²) in [7, 11) is 1.63. The average Bonchev–Trinajstić information content (AvgIpc) is 3.34. The van der Waals surface area contributed by atoms with Crippen LogP contribution in [-0.2, 0) is 16.0 Å². The second-order valence-corrected chi connectivity index (χ2v) is 7.33. The molecule has 1 N–H and O–H groups in total. The van der Waals surface area contributed by atoms with E-state index >= 15 is 0 Å². The van der Waals surface area contributed by atoms with Gasteiger partial charge in [-0.3, -0.25) is 0 Å². The summed E-state index contributed by atoms with van der Waals surface area (Å²) < 4.78 is 12.7. The number of methoxy groups -OCH3 is 1. The van der Waals surface area contributed by atoms with Gasteiger partial charge in [0, 0.05) is 25.5 Å². The molecule has 4 rings (SSSR count). The van der Waals surface area contributed by atoms with Crippen molar-refractivity contribution in [2.45, 2.75) is 26.7 Å². The third-order valence-corrected chi connectivity index (χ3v) is 5.24. The minimum atomic E-state index is -0.400. The number of aryl methyl sites for hydroxylation is 1. The molecule has 1 aliphatic heterocycles. The average molecular weight is 416 g/mol. The topological polar surface area (TPSA) is 79.5 Å². The van der Waals surface area contributed by atoms with Crippen molar-refractivity contribution >= 4 is 17.3 Å². The summed E-state index contributed by atoms with van der Waals surface area (Å²) in [6.45, 7) is 4.61. The zero-order valence-electron chi connectivity index (χ0n) is 17.8. The molecule has 1 aromatic heterocycles. The quantitative estimate of drug-likeness (QED) is 0.607. The summed E-state index contributed by atoms with van der Waals surface area (Å²) in [5.41, 5.74) is 5.70. The molecule has 2 heterocycles. The number of rotatable bonds is 6. The number of para-hydroxylation sites is 1. The minimum absolute atomic E-state index is 0.314. The van der Waals surface area contributed by atoms with E-state index in [1.807, 2.05) is 65.1 Å². The number of carbonyl (C=O) groups excluding carboxylic acids is 1. The Morgan fingerprint density at radius 1 is 1.23 bits per heavy atom. The third kappa shape index (κ3) is 3.86. The zero-order valence-corrected chi connectivity index (χ0v) is 17.8. The lowest BCUT2D eigenvalue weighted by molar-refractivity contribution is 0.0526. The molecule has 0 amide bonds. The lowest BCUT2D eigenvalue weighted by atomic mass is 10.1. The summed E-state index contributed by atoms with van der Waals surface area (Å²) in [6.07, 6.45) is 1.54. The summed E-state index contributed by atoms with van der Waals surface area (Å²) in [6, 6.07) is 17.6. The van der Waals surface area contributed by atoms with Crippen LogP contribution in [0.2, 0.25) is 0 Å². The normalized spacial score (nSPS) is 14.6. The van der Waals surface area contributed by atoms with E-state index in [0.29, 0.717) is 24.4 Å². The van der Waals surface area contributed by atoms with Gasteiger partial charge in [-0.25, -0.2) is 4.79 Å². The lowest BCUT2D eigenvalue weighted by Crippen LogP contribution is -2.37. The number of hydrogen-bond donors (Lipinski definition) is 1. The van der Waals surface area contributed by atoms with Crippen LogP contribution in [0.5, 0.6) is 0 Å². The largest absolute Gasteiger partial charge is 0.462 e. The van der Waals surface area contributed by atoms with Crippen molar-refractivity contribution in [1.29, 1.82) is 5.26 Å². The Morgan fingerprint density at radius 3 is 2.68 bits per heavy atom. The molecule has 0 radical (unpaired) electrons. The van der Waals surface area contributed by atoms with Gasteiger partial charge < -0.3 is 24.3 Å². The minimum Gasteiger partial charge on any atom is -0.462 e. The highest BCUT2D eigenvalue weighted by Crippen LogP contribution is 2.39. The van der Waals surface area contributed by atoms with Crippen molar-refractivity contribution in [1.82, 2.24) is 4.57 Å². The highest BCUT2D eigenvalue weighted by molar-refractivity contribution is 6.00. The summed E-state index contributed by atoms with van der Waals surface area (Å²) in [4.78, 5) is 14.5. The fraction of sp³-hybridized carbons (Fsp3) is 0.250. The molecule has 0 fully saturated rings. The first-order chi connectivity index (χ1) is 15.0. The highest BCUT2D eigenvalue weighted by atomic mass is 16.5. The van der Waals surface area contributed by atoms with E-state index in [4.69, 9.17) is 9.47 Å². The zero-order chi connectivity index (χ0) is 22.0. The summed E-state index contributed by atoms with van der Waals surface area (Å²) in [5, 5.41) is 12.7. The van der Waals surface area contributed by atoms with E-state index in [9.17, 15) is 10.1 Å². The van der Waals surface area contributed by atoms with Gasteiger partial charge in [-0.05, 0) is 55.3 Å². The molecule has 3 aromatic rings. The fourth-order valence-electron chi connectivity index (χ4n) is 3.87. The first-order valence-electron chi connectivity index (χ1n) is 10.1. The molecule has 1 atom stereocenters. The summed E-state index contributed by atoms with van der Waals surface area (Å²) in [5.74, 6) is -0.356. The molecule has 7 nitrogen and oxygen atoms in total. The second-order valence-electron chi connectivity index (χ2n) is 7.33. The van der Waals surface area contributed by atoms with Crippen molar-refractivity contribution in [3.8, 4) is 11.8 Å². The van der Waals surface area contributed by atoms with Crippen LogP contribution in [0.25, 0.3) is 5.69 Å². The highest BCUT2D eigenvalue weighted by Gasteiger charge is 2.33. The van der Waals surface area contributed by atoms with E-state index in [1.54, 1.807) is 20.1 Å². The smallest absolute Gasteiger partial charge is 0.340 e. The number of ether oxygens (including phenoxy) is 2. The number of fused-ring (bicyclic) bond motifs is 1. The Bertz CT molecular complexity index is 1140. The molecule has 2 aromatic carbocycles. The van der Waals surface area contributed by atoms with Gasteiger partial charge in [0.2, 0.25) is 6.35 Å². The van der Waals surface area contributed by atoms with Crippen LogP contribution in [0.3, 0.4) is 0 Å². The maximum Gasteiger partial charge on any atom is 0.340 e. The monoisotopic (exact) mass is 416 g/mol. The van der Waals surface area contributed by atoms with Crippen LogP contribution in [-0.4, -0.2) is 30.6 Å². The number of hydrogen-bond acceptors (Lipinski definition) is 6. The fourth-order valence-corrected chi connectivity index (χ4v) is 3.87. The number of nitrogens with one attached hydrogen (secondary N) is 1. The van der Waals surface area contributed by atoms with Crippen LogP contribution in [0.15, 0.2) is 54.7 Å². The van der Waals surface area contributed by atoms with Gasteiger partial charge in [0.1, 0.15) is 11.8 Å². The molecule has 0 saturated carbocycles. The Labute approximate surface area is 181 Å². The number of anilines is 2. The molecular weight excluding hydrogens is 392 g/mol. The number of esters is 1. The predicted octanol–water partition coefficient (Wildman–Crippen LogP) is 4.20. The molecule has 158 valence electrons. The molecule has 0 bridgehead atoms. The van der Waals surface area contributed by atoms with Crippen LogP contribution < -0.4 is 10.2 Å². The van der Waals surface area contributed by atoms with E-state index in [1.165, 1.54) is 0 Å². The number of carbonyl (C=O) groups is 1. The molecule has 0 spiro atoms. The Kier molecular flexibility index (Phi) is 5.65. The van der Waals surface area contributed by atoms with Crippen molar-refractivity contribution in [2.75, 3.05) is 23.9 Å². The Morgan fingerprint density at radius 2 is 2.00 bits per heavy atom. The van der Waals surface area contributed by atoms with Crippen LogP contribution >= 0.6 is 0 Å². The number of nitriles is 1. The van der Waals surface area contributed by atoms with Gasteiger partial charge in [0.25, 0.3) is 0 Å². The predicted molar refractivity (Wildman–Crippen MR) is 118 cm³/mol. The Hall–Kier alpha value is -3.76. The molecule has 1 unspecified atom stereocenters. The van der Waals surface area contributed by atoms with Crippen molar-refractivity contribution in [3.05, 3.63) is 77.1 Å². The first kappa shape index (κ1) is 20.5. The van der Waals surface area contributed by atoms with Crippen LogP contribution in [0.4, 0.5) is 11.4 Å². The van der Waals surface area contributed by atoms with Gasteiger partial charge in [-0.2, -0.15) is 5.26 Å². The number of nitrogens with zero attached hydrogens (tertiary/aromatic N) is 3. The molecule has 7 heteroatoms. The number of aromatic nitrogens is 1. The van der Waals surface area contributed by atoms with E-state index in [2.05, 4.69) is 11.4 Å². The molecule has 1 aliphatic rings. The lowest BCUT2D eigenvalue weighted by Gasteiger charge is -2.26. The van der Waals surface area contributed by atoms with Crippen LogP contribution in [0, 0.1) is 18.3 Å². The number of benzene rings is 2. The van der Waals surface area contributed by atoms with Crippen molar-refractivity contribution in [2.24, 2.45) is 0 Å².